The highest BCUT2D eigenvalue weighted by Crippen LogP contribution is 2.14. The number of halogens is 1. The smallest absolute Gasteiger partial charge is 0.246 e. The predicted molar refractivity (Wildman–Crippen MR) is 64.8 cm³/mol. The molecular formula is C9H14ClN3O4S. The van der Waals surface area contributed by atoms with Crippen LogP contribution in [0.15, 0.2) is 17.3 Å². The van der Waals surface area contributed by atoms with Crippen molar-refractivity contribution in [3.05, 3.63) is 17.7 Å². The first-order chi connectivity index (χ1) is 8.52. The van der Waals surface area contributed by atoms with Crippen molar-refractivity contribution in [2.24, 2.45) is 0 Å². The predicted octanol–water partition coefficient (Wildman–Crippen LogP) is -0.241. The third kappa shape index (κ3) is 3.85. The van der Waals surface area contributed by atoms with Gasteiger partial charge in [0.05, 0.1) is 25.6 Å². The summed E-state index contributed by atoms with van der Waals surface area (Å²) in [5, 5.41) is 8.86. The van der Waals surface area contributed by atoms with Crippen LogP contribution in [-0.2, 0) is 14.8 Å². The molecule has 0 saturated carbocycles. The molecule has 0 aliphatic rings. The van der Waals surface area contributed by atoms with Crippen LogP contribution in [0, 0.1) is 0 Å². The summed E-state index contributed by atoms with van der Waals surface area (Å²) >= 11 is 5.50. The van der Waals surface area contributed by atoms with E-state index in [1.807, 2.05) is 0 Å². The fourth-order valence-electron chi connectivity index (χ4n) is 1.24. The normalized spacial score (nSPS) is 12.0. The number of hydrogen-bond acceptors (Lipinski definition) is 6. The molecule has 0 aliphatic heterocycles. The molecule has 1 rings (SSSR count). The van der Waals surface area contributed by atoms with Crippen LogP contribution in [0.5, 0.6) is 0 Å². The van der Waals surface area contributed by atoms with E-state index in [1.165, 1.54) is 7.11 Å². The number of hydrogen-bond donors (Lipinski definition) is 1. The van der Waals surface area contributed by atoms with Gasteiger partial charge in [0.25, 0.3) is 0 Å². The Hall–Kier alpha value is -0.800. The second kappa shape index (κ2) is 6.95. The summed E-state index contributed by atoms with van der Waals surface area (Å²) in [4.78, 5) is 7.17. The van der Waals surface area contributed by atoms with Crippen LogP contribution in [-0.4, -0.2) is 61.2 Å². The summed E-state index contributed by atoms with van der Waals surface area (Å²) in [5.41, 5.74) is 0. The lowest BCUT2D eigenvalue weighted by Gasteiger charge is -2.20. The average Bonchev–Trinajstić information content (AvgIpc) is 2.35. The summed E-state index contributed by atoms with van der Waals surface area (Å²) in [7, 11) is -2.28. The van der Waals surface area contributed by atoms with Crippen molar-refractivity contribution >= 4 is 21.6 Å². The van der Waals surface area contributed by atoms with Gasteiger partial charge >= 0.3 is 0 Å². The number of rotatable bonds is 7. The van der Waals surface area contributed by atoms with E-state index in [0.29, 0.717) is 0 Å². The molecular weight excluding hydrogens is 282 g/mol. The van der Waals surface area contributed by atoms with Gasteiger partial charge in [0.2, 0.25) is 15.3 Å². The molecule has 18 heavy (non-hydrogen) atoms. The number of ether oxygens (including phenoxy) is 1. The van der Waals surface area contributed by atoms with E-state index in [1.54, 1.807) is 0 Å². The van der Waals surface area contributed by atoms with Gasteiger partial charge in [-0.1, -0.05) is 0 Å². The van der Waals surface area contributed by atoms with Gasteiger partial charge in [0.15, 0.2) is 0 Å². The zero-order chi connectivity index (χ0) is 13.6. The summed E-state index contributed by atoms with van der Waals surface area (Å²) in [6.45, 7) is 0.0708. The lowest BCUT2D eigenvalue weighted by Crippen LogP contribution is -2.36. The molecule has 0 aromatic carbocycles. The Morgan fingerprint density at radius 3 is 2.50 bits per heavy atom. The van der Waals surface area contributed by atoms with E-state index in [9.17, 15) is 8.42 Å². The summed E-state index contributed by atoms with van der Waals surface area (Å²) in [6, 6.07) is 0. The van der Waals surface area contributed by atoms with Crippen molar-refractivity contribution in [2.75, 3.05) is 33.4 Å². The highest BCUT2D eigenvalue weighted by atomic mass is 35.5. The molecule has 0 spiro atoms. The number of aliphatic hydroxyl groups is 1. The Morgan fingerprint density at radius 2 is 2.00 bits per heavy atom. The van der Waals surface area contributed by atoms with Crippen molar-refractivity contribution in [1.82, 2.24) is 14.3 Å². The Labute approximate surface area is 110 Å². The largest absolute Gasteiger partial charge is 0.395 e. The molecule has 1 heterocycles. The number of aliphatic hydroxyl groups excluding tert-OH is 1. The van der Waals surface area contributed by atoms with E-state index >= 15 is 0 Å². The van der Waals surface area contributed by atoms with E-state index in [0.717, 1.165) is 16.7 Å². The van der Waals surface area contributed by atoms with Crippen LogP contribution in [0.1, 0.15) is 0 Å². The van der Waals surface area contributed by atoms with Crippen LogP contribution < -0.4 is 0 Å². The fraction of sp³-hybridized carbons (Fsp3) is 0.556. The highest BCUT2D eigenvalue weighted by Gasteiger charge is 2.24. The molecule has 0 radical (unpaired) electrons. The summed E-state index contributed by atoms with van der Waals surface area (Å²) in [6.07, 6.45) is 2.25. The third-order valence-electron chi connectivity index (χ3n) is 2.13. The molecule has 0 saturated heterocycles. The molecule has 0 aliphatic carbocycles. The lowest BCUT2D eigenvalue weighted by atomic mass is 10.6. The first-order valence-electron chi connectivity index (χ1n) is 5.10. The number of sulfonamides is 1. The van der Waals surface area contributed by atoms with E-state index in [4.69, 9.17) is 21.4 Å². The minimum absolute atomic E-state index is 0.0195. The molecule has 0 atom stereocenters. The third-order valence-corrected chi connectivity index (χ3v) is 4.18. The second-order valence-corrected chi connectivity index (χ2v) is 5.58. The van der Waals surface area contributed by atoms with E-state index in [2.05, 4.69) is 9.97 Å². The Balaban J connectivity index is 2.96. The maximum absolute atomic E-state index is 12.2. The van der Waals surface area contributed by atoms with Crippen LogP contribution in [0.3, 0.4) is 0 Å². The minimum Gasteiger partial charge on any atom is -0.395 e. The number of nitrogens with zero attached hydrogens (tertiary/aromatic N) is 3. The van der Waals surface area contributed by atoms with Crippen LogP contribution in [0.25, 0.3) is 0 Å². The second-order valence-electron chi connectivity index (χ2n) is 3.31. The van der Waals surface area contributed by atoms with Gasteiger partial charge in [0.1, 0.15) is 4.90 Å². The summed E-state index contributed by atoms with van der Waals surface area (Å²) < 4.78 is 30.3. The van der Waals surface area contributed by atoms with Crippen LogP contribution >= 0.6 is 11.6 Å². The Morgan fingerprint density at radius 1 is 1.39 bits per heavy atom. The van der Waals surface area contributed by atoms with Crippen molar-refractivity contribution < 1.29 is 18.3 Å². The minimum atomic E-state index is -3.74. The van der Waals surface area contributed by atoms with Gasteiger partial charge < -0.3 is 9.84 Å². The van der Waals surface area contributed by atoms with Crippen LogP contribution in [0.2, 0.25) is 5.28 Å². The first kappa shape index (κ1) is 15.3. The van der Waals surface area contributed by atoms with Gasteiger partial charge in [-0.25, -0.2) is 18.4 Å². The van der Waals surface area contributed by atoms with Crippen LogP contribution in [0.4, 0.5) is 0 Å². The molecule has 0 unspecified atom stereocenters. The monoisotopic (exact) mass is 295 g/mol. The molecule has 0 amide bonds. The molecule has 1 aromatic rings. The molecule has 0 bridgehead atoms. The van der Waals surface area contributed by atoms with Gasteiger partial charge in [-0.2, -0.15) is 4.31 Å². The van der Waals surface area contributed by atoms with Crippen molar-refractivity contribution in [3.63, 3.8) is 0 Å². The molecule has 102 valence electrons. The highest BCUT2D eigenvalue weighted by molar-refractivity contribution is 7.89. The first-order valence-corrected chi connectivity index (χ1v) is 6.91. The zero-order valence-electron chi connectivity index (χ0n) is 9.78. The standard InChI is InChI=1S/C9H14ClN3O4S/c1-17-5-3-13(2-4-14)18(15,16)8-6-11-9(10)12-7-8/h6-7,14H,2-5H2,1H3. The fourth-order valence-corrected chi connectivity index (χ4v) is 2.64. The lowest BCUT2D eigenvalue weighted by molar-refractivity contribution is 0.168. The summed E-state index contributed by atoms with van der Waals surface area (Å²) in [5.74, 6) is 0. The quantitative estimate of drug-likeness (QED) is 0.698. The number of aromatic nitrogens is 2. The molecule has 1 N–H and O–H groups in total. The molecule has 7 nitrogen and oxygen atoms in total. The van der Waals surface area contributed by atoms with E-state index in [-0.39, 0.29) is 36.5 Å². The average molecular weight is 296 g/mol. The van der Waals surface area contributed by atoms with Crippen molar-refractivity contribution in [2.45, 2.75) is 4.90 Å². The van der Waals surface area contributed by atoms with Crippen molar-refractivity contribution in [3.8, 4) is 0 Å². The molecule has 9 heteroatoms. The van der Waals surface area contributed by atoms with Gasteiger partial charge in [-0.15, -0.1) is 0 Å². The van der Waals surface area contributed by atoms with Gasteiger partial charge in [-0.05, 0) is 11.6 Å². The Bertz CT molecular complexity index is 465. The molecule has 1 aromatic heterocycles. The maximum Gasteiger partial charge on any atom is 0.246 e. The zero-order valence-corrected chi connectivity index (χ0v) is 11.4. The molecule has 0 fully saturated rings. The van der Waals surface area contributed by atoms with E-state index < -0.39 is 10.0 Å². The maximum atomic E-state index is 12.2. The van der Waals surface area contributed by atoms with Gasteiger partial charge in [0, 0.05) is 20.2 Å². The Kier molecular flexibility index (Phi) is 5.89. The SMILES string of the molecule is COCCN(CCO)S(=O)(=O)c1cnc(Cl)nc1. The van der Waals surface area contributed by atoms with Crippen molar-refractivity contribution in [1.29, 1.82) is 0 Å². The number of methoxy groups -OCH3 is 1. The topological polar surface area (TPSA) is 92.6 Å². The van der Waals surface area contributed by atoms with Gasteiger partial charge in [-0.3, -0.25) is 0 Å².